The van der Waals surface area contributed by atoms with E-state index >= 15 is 0 Å². The summed E-state index contributed by atoms with van der Waals surface area (Å²) >= 11 is 0. The lowest BCUT2D eigenvalue weighted by Crippen LogP contribution is -2.17. The molecule has 0 aliphatic heterocycles. The molecule has 1 heterocycles. The Balaban J connectivity index is 2.37. The molecular formula is C18H17F3N2O5. The SMILES string of the molecule is CCOC(=O)c1[nH]nc(C(=O)/C=C/c2ccc(OC)c(OC)c2)c1C(F)(F)F. The van der Waals surface area contributed by atoms with Crippen molar-refractivity contribution in [3.05, 3.63) is 46.8 Å². The van der Waals surface area contributed by atoms with Crippen molar-refractivity contribution in [2.45, 2.75) is 13.1 Å². The molecule has 0 spiro atoms. The van der Waals surface area contributed by atoms with Crippen LogP contribution in [0.1, 0.15) is 39.0 Å². The molecule has 0 atom stereocenters. The van der Waals surface area contributed by atoms with Crippen LogP contribution in [0.2, 0.25) is 0 Å². The van der Waals surface area contributed by atoms with Crippen LogP contribution >= 0.6 is 0 Å². The molecule has 0 fully saturated rings. The number of methoxy groups -OCH3 is 2. The van der Waals surface area contributed by atoms with E-state index in [0.717, 1.165) is 6.08 Å². The molecule has 10 heteroatoms. The summed E-state index contributed by atoms with van der Waals surface area (Å²) in [7, 11) is 2.88. The predicted molar refractivity (Wildman–Crippen MR) is 92.5 cm³/mol. The number of allylic oxidation sites excluding steroid dienone is 1. The molecule has 0 bridgehead atoms. The first-order chi connectivity index (χ1) is 13.2. The monoisotopic (exact) mass is 398 g/mol. The van der Waals surface area contributed by atoms with E-state index in [1.807, 2.05) is 5.10 Å². The van der Waals surface area contributed by atoms with Gasteiger partial charge in [0.05, 0.1) is 20.8 Å². The van der Waals surface area contributed by atoms with Gasteiger partial charge in [-0.1, -0.05) is 12.1 Å². The van der Waals surface area contributed by atoms with Crippen LogP contribution in [0.15, 0.2) is 24.3 Å². The van der Waals surface area contributed by atoms with Gasteiger partial charge in [0.25, 0.3) is 0 Å². The second kappa shape index (κ2) is 8.59. The van der Waals surface area contributed by atoms with Crippen molar-refractivity contribution >= 4 is 17.8 Å². The van der Waals surface area contributed by atoms with Crippen LogP contribution in [-0.4, -0.2) is 42.8 Å². The van der Waals surface area contributed by atoms with Gasteiger partial charge in [-0.3, -0.25) is 9.89 Å². The van der Waals surface area contributed by atoms with Crippen LogP contribution in [0, 0.1) is 0 Å². The van der Waals surface area contributed by atoms with Crippen LogP contribution in [0.25, 0.3) is 6.08 Å². The van der Waals surface area contributed by atoms with Gasteiger partial charge in [-0.2, -0.15) is 18.3 Å². The maximum Gasteiger partial charge on any atom is 0.421 e. The molecule has 1 aromatic heterocycles. The van der Waals surface area contributed by atoms with Crippen LogP contribution in [0.4, 0.5) is 13.2 Å². The standard InChI is InChI=1S/C18H17F3N2O5/c1-4-28-17(25)16-14(18(19,20)21)15(22-23-16)11(24)7-5-10-6-8-12(26-2)13(9-10)27-3/h5-9H,4H2,1-3H3,(H,22,23)/b7-5+. The van der Waals surface area contributed by atoms with E-state index in [9.17, 15) is 22.8 Å². The molecule has 28 heavy (non-hydrogen) atoms. The summed E-state index contributed by atoms with van der Waals surface area (Å²) in [5, 5.41) is 5.31. The van der Waals surface area contributed by atoms with Crippen molar-refractivity contribution in [1.82, 2.24) is 10.2 Å². The molecule has 0 unspecified atom stereocenters. The molecule has 150 valence electrons. The zero-order valence-corrected chi connectivity index (χ0v) is 15.2. The molecule has 2 aromatic rings. The van der Waals surface area contributed by atoms with Crippen LogP contribution < -0.4 is 9.47 Å². The number of aromatic amines is 1. The number of carbonyl (C=O) groups is 2. The van der Waals surface area contributed by atoms with Gasteiger partial charge in [0, 0.05) is 0 Å². The summed E-state index contributed by atoms with van der Waals surface area (Å²) in [5.41, 5.74) is -2.82. The van der Waals surface area contributed by atoms with Crippen molar-refractivity contribution in [2.75, 3.05) is 20.8 Å². The van der Waals surface area contributed by atoms with Gasteiger partial charge in [-0.25, -0.2) is 4.79 Å². The maximum atomic E-state index is 13.4. The first kappa shape index (κ1) is 21.0. The minimum atomic E-state index is -4.97. The Morgan fingerprint density at radius 2 is 1.86 bits per heavy atom. The molecule has 7 nitrogen and oxygen atoms in total. The van der Waals surface area contributed by atoms with E-state index in [-0.39, 0.29) is 6.61 Å². The number of alkyl halides is 3. The van der Waals surface area contributed by atoms with Crippen molar-refractivity contribution in [1.29, 1.82) is 0 Å². The molecule has 2 rings (SSSR count). The minimum Gasteiger partial charge on any atom is -0.493 e. The summed E-state index contributed by atoms with van der Waals surface area (Å²) in [6.45, 7) is 1.32. The number of nitrogens with one attached hydrogen (secondary N) is 1. The maximum absolute atomic E-state index is 13.4. The Hall–Kier alpha value is -3.30. The number of aromatic nitrogens is 2. The normalized spacial score (nSPS) is 11.5. The number of nitrogens with zero attached hydrogens (tertiary/aromatic N) is 1. The highest BCUT2D eigenvalue weighted by Gasteiger charge is 2.42. The zero-order chi connectivity index (χ0) is 20.9. The second-order valence-corrected chi connectivity index (χ2v) is 5.35. The van der Waals surface area contributed by atoms with Crippen molar-refractivity contribution in [3.8, 4) is 11.5 Å². The van der Waals surface area contributed by atoms with E-state index in [2.05, 4.69) is 9.84 Å². The lowest BCUT2D eigenvalue weighted by molar-refractivity contribution is -0.138. The molecule has 0 radical (unpaired) electrons. The number of rotatable bonds is 7. The molecule has 0 aliphatic rings. The average Bonchev–Trinajstić information content (AvgIpc) is 3.12. The Morgan fingerprint density at radius 3 is 2.43 bits per heavy atom. The lowest BCUT2D eigenvalue weighted by Gasteiger charge is -2.08. The number of H-pyrrole nitrogens is 1. The summed E-state index contributed by atoms with van der Waals surface area (Å²) in [6.07, 6.45) is -2.76. The molecular weight excluding hydrogens is 381 g/mol. The number of carbonyl (C=O) groups excluding carboxylic acids is 2. The molecule has 0 saturated carbocycles. The Bertz CT molecular complexity index is 903. The molecule has 1 aromatic carbocycles. The van der Waals surface area contributed by atoms with E-state index in [1.165, 1.54) is 27.2 Å². The predicted octanol–water partition coefficient (Wildman–Crippen LogP) is 3.52. The van der Waals surface area contributed by atoms with Gasteiger partial charge >= 0.3 is 12.1 Å². The third-order valence-corrected chi connectivity index (χ3v) is 3.60. The zero-order valence-electron chi connectivity index (χ0n) is 15.2. The first-order valence-electron chi connectivity index (χ1n) is 8.00. The highest BCUT2D eigenvalue weighted by molar-refractivity contribution is 6.08. The Labute approximate surface area is 158 Å². The fourth-order valence-corrected chi connectivity index (χ4v) is 2.35. The van der Waals surface area contributed by atoms with Crippen molar-refractivity contribution in [3.63, 3.8) is 0 Å². The number of hydrogen-bond donors (Lipinski definition) is 1. The lowest BCUT2D eigenvalue weighted by atomic mass is 10.1. The van der Waals surface area contributed by atoms with Gasteiger partial charge in [-0.15, -0.1) is 0 Å². The van der Waals surface area contributed by atoms with Gasteiger partial charge in [0.2, 0.25) is 5.78 Å². The number of benzene rings is 1. The van der Waals surface area contributed by atoms with Gasteiger partial charge in [0.15, 0.2) is 17.2 Å². The fourth-order valence-electron chi connectivity index (χ4n) is 2.35. The van der Waals surface area contributed by atoms with E-state index in [0.29, 0.717) is 17.1 Å². The van der Waals surface area contributed by atoms with Crippen LogP contribution in [-0.2, 0) is 10.9 Å². The number of hydrogen-bond acceptors (Lipinski definition) is 6. The summed E-state index contributed by atoms with van der Waals surface area (Å²) in [5.74, 6) is -1.44. The summed E-state index contributed by atoms with van der Waals surface area (Å²) < 4.78 is 54.9. The van der Waals surface area contributed by atoms with Gasteiger partial charge in [-0.05, 0) is 30.7 Å². The quantitative estimate of drug-likeness (QED) is 0.436. The molecule has 1 N–H and O–H groups in total. The Morgan fingerprint density at radius 1 is 1.18 bits per heavy atom. The third-order valence-electron chi connectivity index (χ3n) is 3.60. The van der Waals surface area contributed by atoms with Gasteiger partial charge < -0.3 is 14.2 Å². The first-order valence-corrected chi connectivity index (χ1v) is 8.00. The van der Waals surface area contributed by atoms with Crippen molar-refractivity contribution in [2.24, 2.45) is 0 Å². The molecule has 0 aliphatic carbocycles. The summed E-state index contributed by atoms with van der Waals surface area (Å²) in [4.78, 5) is 24.0. The van der Waals surface area contributed by atoms with Crippen molar-refractivity contribution < 1.29 is 37.0 Å². The summed E-state index contributed by atoms with van der Waals surface area (Å²) in [6, 6.07) is 4.71. The number of ether oxygens (including phenoxy) is 3. The highest BCUT2D eigenvalue weighted by Crippen LogP contribution is 2.34. The van der Waals surface area contributed by atoms with Crippen LogP contribution in [0.5, 0.6) is 11.5 Å². The minimum absolute atomic E-state index is 0.127. The van der Waals surface area contributed by atoms with Crippen LogP contribution in [0.3, 0.4) is 0 Å². The van der Waals surface area contributed by atoms with E-state index in [1.54, 1.807) is 18.2 Å². The molecule has 0 saturated heterocycles. The topological polar surface area (TPSA) is 90.5 Å². The van der Waals surface area contributed by atoms with E-state index in [4.69, 9.17) is 9.47 Å². The smallest absolute Gasteiger partial charge is 0.421 e. The largest absolute Gasteiger partial charge is 0.493 e. The highest BCUT2D eigenvalue weighted by atomic mass is 19.4. The Kier molecular flexibility index (Phi) is 6.45. The number of halogens is 3. The number of esters is 1. The fraction of sp³-hybridized carbons (Fsp3) is 0.278. The molecule has 0 amide bonds. The van der Waals surface area contributed by atoms with E-state index < -0.39 is 34.9 Å². The average molecular weight is 398 g/mol. The van der Waals surface area contributed by atoms with Gasteiger partial charge in [0.1, 0.15) is 11.3 Å². The number of ketones is 1. The third kappa shape index (κ3) is 4.51. The second-order valence-electron chi connectivity index (χ2n) is 5.35.